The van der Waals surface area contributed by atoms with Gasteiger partial charge < -0.3 is 15.4 Å². The van der Waals surface area contributed by atoms with Crippen LogP contribution in [-0.2, 0) is 17.6 Å². The fraction of sp³-hybridized carbons (Fsp3) is 0.500. The number of hydrogen-bond acceptors (Lipinski definition) is 8. The summed E-state index contributed by atoms with van der Waals surface area (Å²) in [7, 11) is 1.65. The number of ether oxygens (including phenoxy) is 1. The number of aromatic nitrogens is 3. The van der Waals surface area contributed by atoms with Crippen LogP contribution in [0.25, 0.3) is 5.65 Å². The summed E-state index contributed by atoms with van der Waals surface area (Å²) in [6.45, 7) is 5.02. The summed E-state index contributed by atoms with van der Waals surface area (Å²) in [6.07, 6.45) is 5.62. The summed E-state index contributed by atoms with van der Waals surface area (Å²) in [5.74, 6) is -0.444. The molecule has 1 aliphatic heterocycles. The Bertz CT molecular complexity index is 1050. The molecule has 3 heterocycles. The van der Waals surface area contributed by atoms with E-state index < -0.39 is 5.82 Å². The number of nitrogens with two attached hydrogens (primary N) is 1. The van der Waals surface area contributed by atoms with Gasteiger partial charge in [-0.05, 0) is 19.1 Å². The average Bonchev–Trinajstić information content (AvgIpc) is 2.77. The van der Waals surface area contributed by atoms with Gasteiger partial charge in [-0.2, -0.15) is 4.39 Å². The van der Waals surface area contributed by atoms with Gasteiger partial charge in [-0.3, -0.25) is 9.79 Å². The fourth-order valence-corrected chi connectivity index (χ4v) is 4.16. The maximum Gasteiger partial charge on any atom is 0.263 e. The first-order chi connectivity index (χ1) is 14.5. The van der Waals surface area contributed by atoms with Gasteiger partial charge >= 0.3 is 0 Å². The molecule has 162 valence electrons. The number of rotatable bonds is 6. The Hall–Kier alpha value is -2.46. The van der Waals surface area contributed by atoms with E-state index >= 15 is 4.39 Å². The Morgan fingerprint density at radius 1 is 1.40 bits per heavy atom. The molecule has 1 unspecified atom stereocenters. The van der Waals surface area contributed by atoms with Crippen LogP contribution in [0.15, 0.2) is 26.7 Å². The molecule has 0 saturated carbocycles. The molecule has 3 rings (SSSR count). The van der Waals surface area contributed by atoms with Crippen molar-refractivity contribution in [3.05, 3.63) is 39.2 Å². The van der Waals surface area contributed by atoms with Gasteiger partial charge in [-0.15, -0.1) is 0 Å². The van der Waals surface area contributed by atoms with Gasteiger partial charge in [-0.25, -0.2) is 14.4 Å². The molecular formula is C20H27FN6O2S. The van der Waals surface area contributed by atoms with E-state index in [4.69, 9.17) is 10.5 Å². The summed E-state index contributed by atoms with van der Waals surface area (Å²) in [6, 6.07) is 0. The molecular weight excluding hydrogens is 407 g/mol. The second-order valence-electron chi connectivity index (χ2n) is 6.80. The Morgan fingerprint density at radius 2 is 2.17 bits per heavy atom. The van der Waals surface area contributed by atoms with Crippen LogP contribution in [0.2, 0.25) is 0 Å². The number of hydrogen-bond donors (Lipinski definition) is 1. The van der Waals surface area contributed by atoms with Crippen molar-refractivity contribution in [2.75, 3.05) is 37.9 Å². The lowest BCUT2D eigenvalue weighted by molar-refractivity contribution is 0.0673. The zero-order valence-electron chi connectivity index (χ0n) is 17.7. The highest BCUT2D eigenvalue weighted by Gasteiger charge is 2.28. The predicted molar refractivity (Wildman–Crippen MR) is 118 cm³/mol. The normalized spacial score (nSPS) is 18.0. The van der Waals surface area contributed by atoms with Crippen molar-refractivity contribution in [2.45, 2.75) is 37.9 Å². The predicted octanol–water partition coefficient (Wildman–Crippen LogP) is 1.82. The third-order valence-electron chi connectivity index (χ3n) is 5.13. The number of thioether (sulfide) groups is 1. The monoisotopic (exact) mass is 434 g/mol. The van der Waals surface area contributed by atoms with Crippen molar-refractivity contribution in [3.63, 3.8) is 0 Å². The zero-order valence-corrected chi connectivity index (χ0v) is 18.5. The summed E-state index contributed by atoms with van der Waals surface area (Å²) in [4.78, 5) is 27.9. The van der Waals surface area contributed by atoms with Crippen LogP contribution < -0.4 is 16.2 Å². The van der Waals surface area contributed by atoms with Crippen LogP contribution in [-0.4, -0.2) is 59.7 Å². The highest BCUT2D eigenvalue weighted by atomic mass is 32.2. The molecule has 0 bridgehead atoms. The zero-order chi connectivity index (χ0) is 21.8. The quantitative estimate of drug-likeness (QED) is 0.421. The molecule has 0 radical (unpaired) electrons. The molecule has 1 fully saturated rings. The smallest absolute Gasteiger partial charge is 0.263 e. The van der Waals surface area contributed by atoms with Gasteiger partial charge in [0.1, 0.15) is 6.10 Å². The minimum Gasteiger partial charge on any atom is -0.404 e. The van der Waals surface area contributed by atoms with E-state index in [-0.39, 0.29) is 23.1 Å². The lowest BCUT2D eigenvalue weighted by atomic mass is 10.1. The topological polar surface area (TPSA) is 98.1 Å². The maximum atomic E-state index is 15.6. The molecule has 0 spiro atoms. The molecule has 30 heavy (non-hydrogen) atoms. The van der Waals surface area contributed by atoms with Crippen molar-refractivity contribution in [3.8, 4) is 0 Å². The van der Waals surface area contributed by atoms with Crippen LogP contribution in [0.3, 0.4) is 0 Å². The molecule has 1 atom stereocenters. The van der Waals surface area contributed by atoms with E-state index in [9.17, 15) is 4.79 Å². The van der Waals surface area contributed by atoms with E-state index in [0.29, 0.717) is 54.5 Å². The number of fused-ring (bicyclic) bond motifs is 1. The Kier molecular flexibility index (Phi) is 7.09. The number of aliphatic imine (C=N–C) groups is 1. The van der Waals surface area contributed by atoms with Gasteiger partial charge in [0.2, 0.25) is 5.82 Å². The first-order valence-corrected chi connectivity index (χ1v) is 11.1. The highest BCUT2D eigenvalue weighted by Crippen LogP contribution is 2.27. The molecule has 2 N–H and O–H groups in total. The maximum absolute atomic E-state index is 15.6. The molecule has 2 aromatic heterocycles. The van der Waals surface area contributed by atoms with Crippen LogP contribution in [0.1, 0.15) is 25.1 Å². The third-order valence-corrected chi connectivity index (χ3v) is 5.77. The van der Waals surface area contributed by atoms with E-state index in [2.05, 4.69) is 15.0 Å². The summed E-state index contributed by atoms with van der Waals surface area (Å²) >= 11 is 1.29. The first kappa shape index (κ1) is 22.2. The largest absolute Gasteiger partial charge is 0.404 e. The summed E-state index contributed by atoms with van der Waals surface area (Å²) in [5, 5.41) is 0.406. The van der Waals surface area contributed by atoms with Crippen LogP contribution >= 0.6 is 11.8 Å². The summed E-state index contributed by atoms with van der Waals surface area (Å²) < 4.78 is 22.7. The third kappa shape index (κ3) is 3.93. The van der Waals surface area contributed by atoms with E-state index in [1.807, 2.05) is 25.0 Å². The van der Waals surface area contributed by atoms with Gasteiger partial charge in [-0.1, -0.05) is 25.6 Å². The van der Waals surface area contributed by atoms with E-state index in [0.717, 1.165) is 0 Å². The number of nitrogens with zero attached hydrogens (tertiary/aromatic N) is 5. The highest BCUT2D eigenvalue weighted by molar-refractivity contribution is 7.98. The molecule has 8 nitrogen and oxygen atoms in total. The van der Waals surface area contributed by atoms with Gasteiger partial charge in [0.25, 0.3) is 5.56 Å². The fourth-order valence-electron chi connectivity index (χ4n) is 3.63. The van der Waals surface area contributed by atoms with Crippen LogP contribution in [0, 0.1) is 5.82 Å². The standard InChI is InChI=1S/C20H27FN6O2S/c1-5-13-14(6-2)24-18-16(21)17(25-20(30-4)27(18)19(13)28)26-7-8-29-15(11-26)12(9-22)10-23-3/h9-10,15H,5-8,11,22H2,1-4H3/b12-9+,23-10?. The second-order valence-corrected chi connectivity index (χ2v) is 7.58. The number of anilines is 1. The lowest BCUT2D eigenvalue weighted by Crippen LogP contribution is -2.45. The van der Waals surface area contributed by atoms with Crippen molar-refractivity contribution < 1.29 is 9.13 Å². The Balaban J connectivity index is 2.15. The molecule has 0 aliphatic carbocycles. The van der Waals surface area contributed by atoms with Gasteiger partial charge in [0, 0.05) is 37.1 Å². The molecule has 10 heteroatoms. The van der Waals surface area contributed by atoms with E-state index in [1.165, 1.54) is 22.4 Å². The van der Waals surface area contributed by atoms with Crippen molar-refractivity contribution in [2.24, 2.45) is 10.7 Å². The lowest BCUT2D eigenvalue weighted by Gasteiger charge is -2.34. The molecule has 1 saturated heterocycles. The second kappa shape index (κ2) is 9.57. The van der Waals surface area contributed by atoms with E-state index in [1.54, 1.807) is 13.3 Å². The average molecular weight is 435 g/mol. The van der Waals surface area contributed by atoms with Crippen LogP contribution in [0.5, 0.6) is 0 Å². The Labute approximate surface area is 179 Å². The first-order valence-electron chi connectivity index (χ1n) is 9.89. The van der Waals surface area contributed by atoms with Crippen LogP contribution in [0.4, 0.5) is 10.2 Å². The number of aryl methyl sites for hydroxylation is 1. The van der Waals surface area contributed by atoms with Crippen molar-refractivity contribution in [1.29, 1.82) is 0 Å². The van der Waals surface area contributed by atoms with Gasteiger partial charge in [0.05, 0.1) is 18.8 Å². The number of halogens is 1. The van der Waals surface area contributed by atoms with Crippen molar-refractivity contribution in [1.82, 2.24) is 14.4 Å². The molecule has 0 amide bonds. The van der Waals surface area contributed by atoms with Gasteiger partial charge in [0.15, 0.2) is 16.6 Å². The minimum absolute atomic E-state index is 0.0103. The minimum atomic E-state index is -0.606. The SMILES string of the molecule is CCc1nc2c(F)c(N3CCOC(/C(C=NC)=C/N)C3)nc(SC)n2c(=O)c1CC. The summed E-state index contributed by atoms with van der Waals surface area (Å²) in [5.41, 5.74) is 7.40. The molecule has 1 aliphatic rings. The molecule has 2 aromatic rings. The Morgan fingerprint density at radius 3 is 2.77 bits per heavy atom. The number of morpholine rings is 1. The van der Waals surface area contributed by atoms with Crippen molar-refractivity contribution >= 4 is 29.4 Å². The molecule has 0 aromatic carbocycles.